The smallest absolute Gasteiger partial charge is 0.315 e. The van der Waals surface area contributed by atoms with E-state index >= 15 is 0 Å². The number of anilines is 1. The minimum atomic E-state index is -0.292. The molecular formula is C13H16BrNO3S. The van der Waals surface area contributed by atoms with Gasteiger partial charge in [0.15, 0.2) is 0 Å². The second kappa shape index (κ2) is 8.22. The number of amides is 1. The van der Waals surface area contributed by atoms with Crippen molar-refractivity contribution in [3.05, 3.63) is 28.2 Å². The van der Waals surface area contributed by atoms with E-state index in [4.69, 9.17) is 4.74 Å². The van der Waals surface area contributed by atoms with E-state index in [0.717, 1.165) is 15.7 Å². The number of halogens is 1. The zero-order valence-corrected chi connectivity index (χ0v) is 13.3. The molecule has 0 radical (unpaired) electrons. The van der Waals surface area contributed by atoms with Crippen LogP contribution in [0.15, 0.2) is 22.7 Å². The first-order chi connectivity index (χ1) is 9.02. The molecule has 1 N–H and O–H groups in total. The van der Waals surface area contributed by atoms with Crippen molar-refractivity contribution in [2.75, 3.05) is 23.4 Å². The Balaban J connectivity index is 2.37. The van der Waals surface area contributed by atoms with Gasteiger partial charge in [0.05, 0.1) is 18.1 Å². The fraction of sp³-hybridized carbons (Fsp3) is 0.385. The Kier molecular flexibility index (Phi) is 6.94. The Morgan fingerprint density at radius 1 is 1.37 bits per heavy atom. The van der Waals surface area contributed by atoms with Crippen LogP contribution in [-0.4, -0.2) is 30.0 Å². The number of nitrogens with one attached hydrogen (secondary N) is 1. The molecule has 0 aliphatic carbocycles. The fourth-order valence-electron chi connectivity index (χ4n) is 1.38. The average Bonchev–Trinajstić information content (AvgIpc) is 2.33. The standard InChI is InChI=1S/C13H16BrNO3S/c1-3-18-13(17)8-19-7-12(16)15-11-5-4-10(14)6-9(11)2/h4-6H,3,7-8H2,1-2H3,(H,15,16). The van der Waals surface area contributed by atoms with E-state index < -0.39 is 0 Å². The maximum Gasteiger partial charge on any atom is 0.315 e. The lowest BCUT2D eigenvalue weighted by molar-refractivity contribution is -0.139. The van der Waals surface area contributed by atoms with Crippen LogP contribution >= 0.6 is 27.7 Å². The summed E-state index contributed by atoms with van der Waals surface area (Å²) in [5.74, 6) is 0.00868. The molecule has 0 bridgehead atoms. The summed E-state index contributed by atoms with van der Waals surface area (Å²) < 4.78 is 5.75. The minimum absolute atomic E-state index is 0.125. The van der Waals surface area contributed by atoms with Crippen molar-refractivity contribution in [2.24, 2.45) is 0 Å². The molecule has 19 heavy (non-hydrogen) atoms. The van der Waals surface area contributed by atoms with Gasteiger partial charge in [-0.25, -0.2) is 0 Å². The lowest BCUT2D eigenvalue weighted by atomic mass is 10.2. The normalized spacial score (nSPS) is 10.1. The lowest BCUT2D eigenvalue weighted by Crippen LogP contribution is -2.16. The molecule has 0 fully saturated rings. The van der Waals surface area contributed by atoms with Crippen molar-refractivity contribution in [2.45, 2.75) is 13.8 Å². The molecule has 0 aliphatic heterocycles. The second-order valence-electron chi connectivity index (χ2n) is 3.81. The average molecular weight is 346 g/mol. The predicted octanol–water partition coefficient (Wildman–Crippen LogP) is 2.99. The number of hydrogen-bond donors (Lipinski definition) is 1. The van der Waals surface area contributed by atoms with E-state index in [2.05, 4.69) is 21.2 Å². The molecule has 0 aromatic heterocycles. The number of carbonyl (C=O) groups is 2. The second-order valence-corrected chi connectivity index (χ2v) is 5.71. The zero-order valence-electron chi connectivity index (χ0n) is 10.9. The highest BCUT2D eigenvalue weighted by atomic mass is 79.9. The summed E-state index contributed by atoms with van der Waals surface area (Å²) in [5.41, 5.74) is 1.77. The molecule has 0 spiro atoms. The highest BCUT2D eigenvalue weighted by Crippen LogP contribution is 2.20. The third kappa shape index (κ3) is 6.11. The third-order valence-electron chi connectivity index (χ3n) is 2.22. The zero-order chi connectivity index (χ0) is 14.3. The number of benzene rings is 1. The summed E-state index contributed by atoms with van der Waals surface area (Å²) in [6.07, 6.45) is 0. The summed E-state index contributed by atoms with van der Waals surface area (Å²) in [5, 5.41) is 2.81. The summed E-state index contributed by atoms with van der Waals surface area (Å²) in [6.45, 7) is 4.04. The monoisotopic (exact) mass is 345 g/mol. The maximum absolute atomic E-state index is 11.7. The van der Waals surface area contributed by atoms with Crippen molar-refractivity contribution < 1.29 is 14.3 Å². The molecular weight excluding hydrogens is 330 g/mol. The van der Waals surface area contributed by atoms with Gasteiger partial charge in [0.25, 0.3) is 0 Å². The van der Waals surface area contributed by atoms with E-state index in [1.165, 1.54) is 11.8 Å². The molecule has 4 nitrogen and oxygen atoms in total. The van der Waals surface area contributed by atoms with Gasteiger partial charge in [0.2, 0.25) is 5.91 Å². The van der Waals surface area contributed by atoms with Crippen LogP contribution in [0, 0.1) is 6.92 Å². The van der Waals surface area contributed by atoms with Gasteiger partial charge in [-0.3, -0.25) is 9.59 Å². The lowest BCUT2D eigenvalue weighted by Gasteiger charge is -2.08. The van der Waals surface area contributed by atoms with Crippen LogP contribution in [0.2, 0.25) is 0 Å². The third-order valence-corrected chi connectivity index (χ3v) is 3.62. The van der Waals surface area contributed by atoms with Gasteiger partial charge in [-0.05, 0) is 37.6 Å². The van der Waals surface area contributed by atoms with Crippen molar-refractivity contribution >= 4 is 45.3 Å². The molecule has 0 atom stereocenters. The van der Waals surface area contributed by atoms with Crippen LogP contribution in [0.3, 0.4) is 0 Å². The van der Waals surface area contributed by atoms with Crippen LogP contribution in [0.5, 0.6) is 0 Å². The number of ether oxygens (including phenoxy) is 1. The summed E-state index contributed by atoms with van der Waals surface area (Å²) in [7, 11) is 0. The topological polar surface area (TPSA) is 55.4 Å². The van der Waals surface area contributed by atoms with Gasteiger partial charge in [0, 0.05) is 10.2 Å². The van der Waals surface area contributed by atoms with Gasteiger partial charge in [-0.1, -0.05) is 15.9 Å². The molecule has 0 saturated heterocycles. The first-order valence-electron chi connectivity index (χ1n) is 5.82. The molecule has 0 saturated carbocycles. The fourth-order valence-corrected chi connectivity index (χ4v) is 2.47. The Labute approximate surface area is 125 Å². The highest BCUT2D eigenvalue weighted by molar-refractivity contribution is 9.10. The Morgan fingerprint density at radius 3 is 2.74 bits per heavy atom. The quantitative estimate of drug-likeness (QED) is 0.805. The molecule has 1 aromatic rings. The first kappa shape index (κ1) is 16.0. The highest BCUT2D eigenvalue weighted by Gasteiger charge is 2.07. The van der Waals surface area contributed by atoms with Crippen LogP contribution in [-0.2, 0) is 14.3 Å². The molecule has 104 valence electrons. The number of aryl methyl sites for hydroxylation is 1. The van der Waals surface area contributed by atoms with Crippen LogP contribution < -0.4 is 5.32 Å². The SMILES string of the molecule is CCOC(=O)CSCC(=O)Nc1ccc(Br)cc1C. The molecule has 0 unspecified atom stereocenters. The van der Waals surface area contributed by atoms with Crippen molar-refractivity contribution in [1.82, 2.24) is 0 Å². The van der Waals surface area contributed by atoms with E-state index in [1.807, 2.05) is 25.1 Å². The van der Waals surface area contributed by atoms with Gasteiger partial charge in [-0.2, -0.15) is 0 Å². The molecule has 1 rings (SSSR count). The van der Waals surface area contributed by atoms with E-state index in [0.29, 0.717) is 6.61 Å². The van der Waals surface area contributed by atoms with Gasteiger partial charge in [-0.15, -0.1) is 11.8 Å². The van der Waals surface area contributed by atoms with Crippen LogP contribution in [0.4, 0.5) is 5.69 Å². The Hall–Kier alpha value is -1.01. The van der Waals surface area contributed by atoms with E-state index in [1.54, 1.807) is 6.92 Å². The Morgan fingerprint density at radius 2 is 2.11 bits per heavy atom. The van der Waals surface area contributed by atoms with Crippen molar-refractivity contribution in [1.29, 1.82) is 0 Å². The number of rotatable bonds is 6. The number of esters is 1. The number of thioether (sulfide) groups is 1. The van der Waals surface area contributed by atoms with Gasteiger partial charge in [0.1, 0.15) is 0 Å². The van der Waals surface area contributed by atoms with Gasteiger partial charge < -0.3 is 10.1 Å². The van der Waals surface area contributed by atoms with Crippen molar-refractivity contribution in [3.8, 4) is 0 Å². The van der Waals surface area contributed by atoms with E-state index in [9.17, 15) is 9.59 Å². The molecule has 0 aliphatic rings. The molecule has 1 aromatic carbocycles. The predicted molar refractivity (Wildman–Crippen MR) is 81.5 cm³/mol. The molecule has 0 heterocycles. The first-order valence-corrected chi connectivity index (χ1v) is 7.77. The maximum atomic E-state index is 11.7. The summed E-state index contributed by atoms with van der Waals surface area (Å²) in [4.78, 5) is 22.8. The molecule has 1 amide bonds. The Bertz CT molecular complexity index is 465. The van der Waals surface area contributed by atoms with Crippen molar-refractivity contribution in [3.63, 3.8) is 0 Å². The molecule has 6 heteroatoms. The van der Waals surface area contributed by atoms with Crippen LogP contribution in [0.25, 0.3) is 0 Å². The largest absolute Gasteiger partial charge is 0.465 e. The summed E-state index contributed by atoms with van der Waals surface area (Å²) in [6, 6.07) is 5.64. The minimum Gasteiger partial charge on any atom is -0.465 e. The van der Waals surface area contributed by atoms with Gasteiger partial charge >= 0.3 is 5.97 Å². The number of hydrogen-bond acceptors (Lipinski definition) is 4. The summed E-state index contributed by atoms with van der Waals surface area (Å²) >= 11 is 4.61. The van der Waals surface area contributed by atoms with Crippen LogP contribution in [0.1, 0.15) is 12.5 Å². The number of carbonyl (C=O) groups excluding carboxylic acids is 2. The van der Waals surface area contributed by atoms with E-state index in [-0.39, 0.29) is 23.4 Å².